The van der Waals surface area contributed by atoms with Crippen LogP contribution in [0.15, 0.2) is 24.4 Å². The Bertz CT molecular complexity index is 177. The van der Waals surface area contributed by atoms with Crippen LogP contribution in [0.4, 0.5) is 0 Å². The number of nitrogens with zero attached hydrogens (tertiary/aromatic N) is 1. The maximum atomic E-state index is 4.10. The topological polar surface area (TPSA) is 12.9 Å². The van der Waals surface area contributed by atoms with Gasteiger partial charge >= 0.3 is 0 Å². The molecule has 68 valence electrons. The number of hydrogen-bond donors (Lipinski definition) is 0. The Morgan fingerprint density at radius 2 is 1.83 bits per heavy atom. The smallest absolute Gasteiger partial charge is 0.0400 e. The molecule has 0 fully saturated rings. The van der Waals surface area contributed by atoms with Gasteiger partial charge in [0.1, 0.15) is 0 Å². The van der Waals surface area contributed by atoms with Gasteiger partial charge in [0.2, 0.25) is 0 Å². The van der Waals surface area contributed by atoms with E-state index in [4.69, 9.17) is 0 Å². The Morgan fingerprint density at radius 1 is 1.25 bits per heavy atom. The predicted molar refractivity (Wildman–Crippen MR) is 54.1 cm³/mol. The Hall–Kier alpha value is -0.850. The van der Waals surface area contributed by atoms with Crippen molar-refractivity contribution in [1.82, 2.24) is 4.98 Å². The average Bonchev–Trinajstić information content (AvgIpc) is 2.05. The van der Waals surface area contributed by atoms with Gasteiger partial charge in [0.15, 0.2) is 0 Å². The van der Waals surface area contributed by atoms with Gasteiger partial charge in [-0.25, -0.2) is 0 Å². The van der Waals surface area contributed by atoms with Gasteiger partial charge in [0.05, 0.1) is 0 Å². The van der Waals surface area contributed by atoms with Crippen LogP contribution in [0.25, 0.3) is 0 Å². The molecule has 1 heterocycles. The van der Waals surface area contributed by atoms with E-state index in [1.807, 2.05) is 24.4 Å². The van der Waals surface area contributed by atoms with Gasteiger partial charge in [-0.05, 0) is 24.5 Å². The summed E-state index contributed by atoms with van der Waals surface area (Å²) in [6.45, 7) is 8.60. The van der Waals surface area contributed by atoms with Crippen molar-refractivity contribution in [2.75, 3.05) is 0 Å². The molecular formula is C11H19N. The molecule has 0 spiro atoms. The molecule has 1 aromatic heterocycles. The van der Waals surface area contributed by atoms with E-state index in [9.17, 15) is 0 Å². The van der Waals surface area contributed by atoms with Crippen molar-refractivity contribution in [1.29, 1.82) is 0 Å². The second-order valence-corrected chi connectivity index (χ2v) is 3.41. The molecule has 0 saturated heterocycles. The average molecular weight is 165 g/mol. The Labute approximate surface area is 75.8 Å². The van der Waals surface area contributed by atoms with Gasteiger partial charge in [-0.3, -0.25) is 4.98 Å². The second kappa shape index (κ2) is 6.84. The highest BCUT2D eigenvalue weighted by Gasteiger charge is 1.81. The van der Waals surface area contributed by atoms with E-state index in [2.05, 4.69) is 32.7 Å². The lowest BCUT2D eigenvalue weighted by molar-refractivity contribution is 0.737. The van der Waals surface area contributed by atoms with Gasteiger partial charge in [-0.1, -0.05) is 33.8 Å². The lowest BCUT2D eigenvalue weighted by Crippen LogP contribution is -1.81. The lowest BCUT2D eigenvalue weighted by atomic mass is 10.3. The van der Waals surface area contributed by atoms with E-state index < -0.39 is 0 Å². The lowest BCUT2D eigenvalue weighted by Gasteiger charge is -1.88. The molecule has 1 nitrogen and oxygen atoms in total. The zero-order valence-corrected chi connectivity index (χ0v) is 8.54. The van der Waals surface area contributed by atoms with Crippen LogP contribution in [0.1, 0.15) is 33.4 Å². The minimum absolute atomic E-state index is 0.833. The molecule has 0 aliphatic heterocycles. The standard InChI is InChI=1S/C7H9N.C4H10/c1-2-7-5-3-4-6-8-7;1-4(2)3/h3-6H,2H2,1H3;4H,1-3H3. The zero-order chi connectivity index (χ0) is 9.40. The number of aromatic nitrogens is 1. The molecule has 12 heavy (non-hydrogen) atoms. The van der Waals surface area contributed by atoms with Gasteiger partial charge < -0.3 is 0 Å². The molecule has 1 rings (SSSR count). The summed E-state index contributed by atoms with van der Waals surface area (Å²) in [5.74, 6) is 0.833. The summed E-state index contributed by atoms with van der Waals surface area (Å²) in [5, 5.41) is 0. The van der Waals surface area contributed by atoms with Crippen molar-refractivity contribution >= 4 is 0 Å². The van der Waals surface area contributed by atoms with E-state index >= 15 is 0 Å². The summed E-state index contributed by atoms with van der Waals surface area (Å²) in [4.78, 5) is 4.10. The van der Waals surface area contributed by atoms with Gasteiger partial charge in [-0.15, -0.1) is 0 Å². The highest BCUT2D eigenvalue weighted by atomic mass is 14.6. The number of pyridine rings is 1. The predicted octanol–water partition coefficient (Wildman–Crippen LogP) is 3.31. The summed E-state index contributed by atoms with van der Waals surface area (Å²) < 4.78 is 0. The van der Waals surface area contributed by atoms with Crippen LogP contribution in [0.3, 0.4) is 0 Å². The highest BCUT2D eigenvalue weighted by molar-refractivity contribution is 5.02. The normalized spacial score (nSPS) is 9.08. The van der Waals surface area contributed by atoms with Crippen LogP contribution in [-0.4, -0.2) is 4.98 Å². The largest absolute Gasteiger partial charge is 0.261 e. The molecule has 0 aliphatic carbocycles. The number of rotatable bonds is 1. The summed E-state index contributed by atoms with van der Waals surface area (Å²) in [5.41, 5.74) is 1.16. The Kier molecular flexibility index (Phi) is 6.35. The quantitative estimate of drug-likeness (QED) is 0.622. The van der Waals surface area contributed by atoms with E-state index in [1.54, 1.807) is 0 Å². The molecule has 0 N–H and O–H groups in total. The molecule has 0 radical (unpaired) electrons. The Morgan fingerprint density at radius 3 is 2.08 bits per heavy atom. The van der Waals surface area contributed by atoms with Crippen molar-refractivity contribution in [2.45, 2.75) is 34.1 Å². The van der Waals surface area contributed by atoms with E-state index in [1.165, 1.54) is 0 Å². The molecule has 0 saturated carbocycles. The molecule has 1 aromatic rings. The minimum atomic E-state index is 0.833. The molecule has 0 bridgehead atoms. The van der Waals surface area contributed by atoms with Crippen LogP contribution in [0, 0.1) is 5.92 Å². The Balaban J connectivity index is 0.000000261. The van der Waals surface area contributed by atoms with Crippen molar-refractivity contribution in [3.05, 3.63) is 30.1 Å². The number of aryl methyl sites for hydroxylation is 1. The van der Waals surface area contributed by atoms with E-state index in [-0.39, 0.29) is 0 Å². The fourth-order valence-corrected chi connectivity index (χ4v) is 0.607. The molecule has 0 atom stereocenters. The third-order valence-electron chi connectivity index (χ3n) is 1.09. The first-order chi connectivity index (χ1) is 5.66. The molecule has 1 heteroatoms. The zero-order valence-electron chi connectivity index (χ0n) is 8.54. The maximum absolute atomic E-state index is 4.10. The summed E-state index contributed by atoms with van der Waals surface area (Å²) in [7, 11) is 0. The number of hydrogen-bond acceptors (Lipinski definition) is 1. The molecule has 0 aromatic carbocycles. The third-order valence-corrected chi connectivity index (χ3v) is 1.09. The fraction of sp³-hybridized carbons (Fsp3) is 0.545. The van der Waals surface area contributed by atoms with E-state index in [0.29, 0.717) is 0 Å². The second-order valence-electron chi connectivity index (χ2n) is 3.41. The van der Waals surface area contributed by atoms with Gasteiger partial charge in [0, 0.05) is 11.9 Å². The first-order valence-electron chi connectivity index (χ1n) is 4.56. The molecular weight excluding hydrogens is 146 g/mol. The summed E-state index contributed by atoms with van der Waals surface area (Å²) in [6.07, 6.45) is 2.85. The first-order valence-corrected chi connectivity index (χ1v) is 4.56. The molecule has 0 aliphatic rings. The maximum Gasteiger partial charge on any atom is 0.0400 e. The van der Waals surface area contributed by atoms with Crippen LogP contribution >= 0.6 is 0 Å². The highest BCUT2D eigenvalue weighted by Crippen LogP contribution is 1.91. The van der Waals surface area contributed by atoms with Crippen molar-refractivity contribution < 1.29 is 0 Å². The van der Waals surface area contributed by atoms with E-state index in [0.717, 1.165) is 18.0 Å². The first kappa shape index (κ1) is 11.2. The monoisotopic (exact) mass is 165 g/mol. The van der Waals surface area contributed by atoms with Crippen LogP contribution in [0.2, 0.25) is 0 Å². The van der Waals surface area contributed by atoms with Gasteiger partial charge in [0.25, 0.3) is 0 Å². The fourth-order valence-electron chi connectivity index (χ4n) is 0.607. The van der Waals surface area contributed by atoms with Crippen LogP contribution in [0.5, 0.6) is 0 Å². The van der Waals surface area contributed by atoms with Gasteiger partial charge in [-0.2, -0.15) is 0 Å². The van der Waals surface area contributed by atoms with Crippen molar-refractivity contribution in [3.8, 4) is 0 Å². The van der Waals surface area contributed by atoms with Crippen molar-refractivity contribution in [2.24, 2.45) is 5.92 Å². The molecule has 0 amide bonds. The third kappa shape index (κ3) is 7.26. The summed E-state index contributed by atoms with van der Waals surface area (Å²) in [6, 6.07) is 5.96. The summed E-state index contributed by atoms with van der Waals surface area (Å²) >= 11 is 0. The minimum Gasteiger partial charge on any atom is -0.261 e. The van der Waals surface area contributed by atoms with Crippen LogP contribution in [-0.2, 0) is 6.42 Å². The SMILES string of the molecule is CC(C)C.CCc1ccccn1. The molecule has 0 unspecified atom stereocenters. The van der Waals surface area contributed by atoms with Crippen molar-refractivity contribution in [3.63, 3.8) is 0 Å². The van der Waals surface area contributed by atoms with Crippen LogP contribution < -0.4 is 0 Å².